The van der Waals surface area contributed by atoms with Crippen molar-refractivity contribution in [2.24, 2.45) is 0 Å². The van der Waals surface area contributed by atoms with Crippen LogP contribution in [0.2, 0.25) is 0 Å². The van der Waals surface area contributed by atoms with Crippen molar-refractivity contribution >= 4 is 21.7 Å². The van der Waals surface area contributed by atoms with Gasteiger partial charge in [0.05, 0.1) is 17.0 Å². The van der Waals surface area contributed by atoms with Gasteiger partial charge in [0, 0.05) is 0 Å². The molecule has 0 aromatic heterocycles. The highest BCUT2D eigenvalue weighted by Gasteiger charge is 2.32. The number of nitrogens with zero attached hydrogens (tertiary/aromatic N) is 1. The van der Waals surface area contributed by atoms with Crippen LogP contribution < -0.4 is 4.31 Å². The fraction of sp³-hybridized carbons (Fsp3) is 0.364. The van der Waals surface area contributed by atoms with Gasteiger partial charge in [0.25, 0.3) is 0 Å². The lowest BCUT2D eigenvalue weighted by Gasteiger charge is -2.22. The Kier molecular flexibility index (Phi) is 4.64. The number of rotatable bonds is 5. The van der Waals surface area contributed by atoms with Crippen LogP contribution in [0.3, 0.4) is 0 Å². The molecule has 0 atom stereocenters. The number of alkyl halides is 3. The van der Waals surface area contributed by atoms with Crippen LogP contribution in [-0.4, -0.2) is 31.8 Å². The molecule has 9 heteroatoms. The highest BCUT2D eigenvalue weighted by Crippen LogP contribution is 2.32. The quantitative estimate of drug-likeness (QED) is 0.902. The largest absolute Gasteiger partial charge is 0.480 e. The van der Waals surface area contributed by atoms with Gasteiger partial charge in [-0.3, -0.25) is 9.10 Å². The Morgan fingerprint density at radius 3 is 2.40 bits per heavy atom. The molecule has 1 rings (SSSR count). The standard InChI is InChI=1S/C11H12F3NO4S/c1-2-20(18,19)15(7-10(16)17)9-5-3-4-8(6-9)11(12,13)14/h3-6H,2,7H2,1H3,(H,16,17). The molecule has 0 radical (unpaired) electrons. The first-order chi connectivity index (χ1) is 9.08. The van der Waals surface area contributed by atoms with Crippen molar-refractivity contribution in [3.63, 3.8) is 0 Å². The van der Waals surface area contributed by atoms with E-state index in [1.165, 1.54) is 6.92 Å². The number of hydrogen-bond donors (Lipinski definition) is 1. The van der Waals surface area contributed by atoms with Gasteiger partial charge in [-0.25, -0.2) is 8.42 Å². The second-order valence-corrected chi connectivity index (χ2v) is 6.03. The Hall–Kier alpha value is -1.77. The summed E-state index contributed by atoms with van der Waals surface area (Å²) in [6.07, 6.45) is -4.64. The molecule has 0 aliphatic carbocycles. The maximum Gasteiger partial charge on any atom is 0.416 e. The molecule has 0 saturated carbocycles. The minimum atomic E-state index is -4.64. The van der Waals surface area contributed by atoms with Crippen molar-refractivity contribution in [3.05, 3.63) is 29.8 Å². The third-order valence-corrected chi connectivity index (χ3v) is 4.18. The van der Waals surface area contributed by atoms with E-state index < -0.39 is 40.0 Å². The Morgan fingerprint density at radius 2 is 1.95 bits per heavy atom. The first-order valence-electron chi connectivity index (χ1n) is 5.47. The summed E-state index contributed by atoms with van der Waals surface area (Å²) in [5.74, 6) is -1.88. The zero-order chi connectivity index (χ0) is 15.6. The molecule has 0 saturated heterocycles. The molecule has 0 aliphatic heterocycles. The Bertz CT molecular complexity index is 598. The molecule has 0 unspecified atom stereocenters. The lowest BCUT2D eigenvalue weighted by atomic mass is 10.2. The number of carbonyl (C=O) groups is 1. The highest BCUT2D eigenvalue weighted by molar-refractivity contribution is 7.92. The van der Waals surface area contributed by atoms with E-state index in [9.17, 15) is 26.4 Å². The molecule has 1 aromatic rings. The molecule has 0 heterocycles. The Morgan fingerprint density at radius 1 is 1.35 bits per heavy atom. The molecule has 0 aliphatic rings. The monoisotopic (exact) mass is 311 g/mol. The second-order valence-electron chi connectivity index (χ2n) is 3.85. The smallest absolute Gasteiger partial charge is 0.416 e. The molecular formula is C11H12F3NO4S. The summed E-state index contributed by atoms with van der Waals surface area (Å²) in [5.41, 5.74) is -1.37. The van der Waals surface area contributed by atoms with Crippen LogP contribution >= 0.6 is 0 Å². The predicted molar refractivity (Wildman–Crippen MR) is 65.9 cm³/mol. The molecule has 0 spiro atoms. The third kappa shape index (κ3) is 3.86. The Balaban J connectivity index is 3.32. The van der Waals surface area contributed by atoms with Crippen molar-refractivity contribution in [2.45, 2.75) is 13.1 Å². The highest BCUT2D eigenvalue weighted by atomic mass is 32.2. The first-order valence-corrected chi connectivity index (χ1v) is 7.08. The number of halogens is 3. The SMILES string of the molecule is CCS(=O)(=O)N(CC(=O)O)c1cccc(C(F)(F)F)c1. The summed E-state index contributed by atoms with van der Waals surface area (Å²) in [6, 6.07) is 3.53. The lowest BCUT2D eigenvalue weighted by Crippen LogP contribution is -2.36. The minimum absolute atomic E-state index is 0.330. The van der Waals surface area contributed by atoms with Crippen LogP contribution in [-0.2, 0) is 21.0 Å². The van der Waals surface area contributed by atoms with E-state index in [4.69, 9.17) is 5.11 Å². The molecule has 5 nitrogen and oxygen atoms in total. The molecule has 0 fully saturated rings. The minimum Gasteiger partial charge on any atom is -0.480 e. The zero-order valence-corrected chi connectivity index (χ0v) is 11.2. The van der Waals surface area contributed by atoms with Crippen LogP contribution in [0.1, 0.15) is 12.5 Å². The predicted octanol–water partition coefficient (Wildman–Crippen LogP) is 1.95. The van der Waals surface area contributed by atoms with Gasteiger partial charge >= 0.3 is 12.1 Å². The summed E-state index contributed by atoms with van der Waals surface area (Å²) >= 11 is 0. The van der Waals surface area contributed by atoms with E-state index in [1.54, 1.807) is 0 Å². The molecule has 0 amide bonds. The molecule has 0 bridgehead atoms. The van der Waals surface area contributed by atoms with E-state index >= 15 is 0 Å². The average molecular weight is 311 g/mol. The third-order valence-electron chi connectivity index (χ3n) is 2.44. The van der Waals surface area contributed by atoms with E-state index in [0.717, 1.165) is 18.2 Å². The van der Waals surface area contributed by atoms with E-state index in [1.807, 2.05) is 0 Å². The summed E-state index contributed by atoms with van der Waals surface area (Å²) in [4.78, 5) is 10.7. The van der Waals surface area contributed by atoms with Crippen molar-refractivity contribution in [1.29, 1.82) is 0 Å². The molecule has 1 N–H and O–H groups in total. The van der Waals surface area contributed by atoms with Crippen LogP contribution in [0.4, 0.5) is 18.9 Å². The number of sulfonamides is 1. The van der Waals surface area contributed by atoms with Gasteiger partial charge < -0.3 is 5.11 Å². The summed E-state index contributed by atoms with van der Waals surface area (Å²) in [6.45, 7) is 0.343. The van der Waals surface area contributed by atoms with Gasteiger partial charge in [-0.05, 0) is 25.1 Å². The normalized spacial score (nSPS) is 12.2. The van der Waals surface area contributed by atoms with E-state index in [0.29, 0.717) is 10.4 Å². The summed E-state index contributed by atoms with van der Waals surface area (Å²) in [5, 5.41) is 8.70. The summed E-state index contributed by atoms with van der Waals surface area (Å²) < 4.78 is 61.8. The van der Waals surface area contributed by atoms with E-state index in [2.05, 4.69) is 0 Å². The van der Waals surface area contributed by atoms with Gasteiger partial charge in [-0.15, -0.1) is 0 Å². The second kappa shape index (κ2) is 5.70. The zero-order valence-electron chi connectivity index (χ0n) is 10.4. The number of hydrogen-bond acceptors (Lipinski definition) is 3. The topological polar surface area (TPSA) is 74.7 Å². The van der Waals surface area contributed by atoms with Gasteiger partial charge in [0.1, 0.15) is 6.54 Å². The number of benzene rings is 1. The van der Waals surface area contributed by atoms with Crippen LogP contribution in [0, 0.1) is 0 Å². The maximum atomic E-state index is 12.6. The van der Waals surface area contributed by atoms with Gasteiger partial charge in [-0.2, -0.15) is 13.2 Å². The number of aliphatic carboxylic acids is 1. The molecular weight excluding hydrogens is 299 g/mol. The van der Waals surface area contributed by atoms with Crippen molar-refractivity contribution in [1.82, 2.24) is 0 Å². The van der Waals surface area contributed by atoms with E-state index in [-0.39, 0.29) is 5.69 Å². The fourth-order valence-electron chi connectivity index (χ4n) is 1.47. The van der Waals surface area contributed by atoms with Gasteiger partial charge in [-0.1, -0.05) is 6.07 Å². The maximum absolute atomic E-state index is 12.6. The van der Waals surface area contributed by atoms with Crippen LogP contribution in [0.15, 0.2) is 24.3 Å². The average Bonchev–Trinajstić information content (AvgIpc) is 2.34. The van der Waals surface area contributed by atoms with Crippen LogP contribution in [0.25, 0.3) is 0 Å². The number of anilines is 1. The van der Waals surface area contributed by atoms with Crippen LogP contribution in [0.5, 0.6) is 0 Å². The molecule has 20 heavy (non-hydrogen) atoms. The fourth-order valence-corrected chi connectivity index (χ4v) is 2.52. The lowest BCUT2D eigenvalue weighted by molar-refractivity contribution is -0.137. The summed E-state index contributed by atoms with van der Waals surface area (Å²) in [7, 11) is -3.99. The van der Waals surface area contributed by atoms with Crippen molar-refractivity contribution < 1.29 is 31.5 Å². The van der Waals surface area contributed by atoms with Gasteiger partial charge in [0.15, 0.2) is 0 Å². The number of carboxylic acids is 1. The van der Waals surface area contributed by atoms with Gasteiger partial charge in [0.2, 0.25) is 10.0 Å². The molecule has 1 aromatic carbocycles. The van der Waals surface area contributed by atoms with Crippen molar-refractivity contribution in [3.8, 4) is 0 Å². The number of carboxylic acid groups (broad SMARTS) is 1. The Labute approximate surface area is 113 Å². The first kappa shape index (κ1) is 16.3. The molecule has 112 valence electrons. The van der Waals surface area contributed by atoms with Crippen molar-refractivity contribution in [2.75, 3.05) is 16.6 Å².